The van der Waals surface area contributed by atoms with E-state index in [1.54, 1.807) is 12.1 Å². The molecule has 2 aromatic rings. The molecular formula is C41H61N7O8. The van der Waals surface area contributed by atoms with E-state index >= 15 is 0 Å². The number of carboxylic acid groups (broad SMARTS) is 1. The van der Waals surface area contributed by atoms with Crippen molar-refractivity contribution >= 4 is 35.5 Å². The number of carbonyl (C=O) groups is 6. The minimum atomic E-state index is -1.22. The summed E-state index contributed by atoms with van der Waals surface area (Å²) in [6.07, 6.45) is 2.82. The predicted octanol–water partition coefficient (Wildman–Crippen LogP) is 1.74. The van der Waals surface area contributed by atoms with Gasteiger partial charge in [0.25, 0.3) is 0 Å². The molecule has 56 heavy (non-hydrogen) atoms. The maximum atomic E-state index is 14.2. The molecule has 0 unspecified atom stereocenters. The Morgan fingerprint density at radius 3 is 1.91 bits per heavy atom. The first-order chi connectivity index (χ1) is 26.6. The monoisotopic (exact) mass is 779 g/mol. The van der Waals surface area contributed by atoms with Gasteiger partial charge in [0.2, 0.25) is 29.5 Å². The van der Waals surface area contributed by atoms with E-state index < -0.39 is 71.8 Å². The normalized spacial score (nSPS) is 16.7. The fourth-order valence-corrected chi connectivity index (χ4v) is 6.78. The summed E-state index contributed by atoms with van der Waals surface area (Å²) in [5, 5.41) is 30.5. The van der Waals surface area contributed by atoms with E-state index in [9.17, 15) is 39.0 Å². The zero-order valence-electron chi connectivity index (χ0n) is 33.0. The van der Waals surface area contributed by atoms with Crippen LogP contribution >= 0.6 is 0 Å². The molecule has 0 aromatic heterocycles. The fraction of sp³-hybridized carbons (Fsp3) is 0.561. The third kappa shape index (κ3) is 14.6. The van der Waals surface area contributed by atoms with E-state index in [4.69, 9.17) is 11.5 Å². The Kier molecular flexibility index (Phi) is 18.2. The molecule has 1 saturated heterocycles. The molecular weight excluding hydrogens is 718 g/mol. The molecule has 15 nitrogen and oxygen atoms in total. The Bertz CT molecular complexity index is 1600. The number of benzene rings is 2. The number of nitrogens with one attached hydrogen (secondary N) is 4. The number of carbonyl (C=O) groups excluding carboxylic acids is 5. The van der Waals surface area contributed by atoms with Crippen molar-refractivity contribution in [2.24, 2.45) is 23.3 Å². The molecule has 308 valence electrons. The van der Waals surface area contributed by atoms with Crippen LogP contribution in [0.15, 0.2) is 54.6 Å². The number of hydrogen-bond donors (Lipinski definition) is 8. The van der Waals surface area contributed by atoms with Crippen molar-refractivity contribution in [3.05, 3.63) is 65.7 Å². The van der Waals surface area contributed by atoms with Crippen LogP contribution in [0.5, 0.6) is 5.75 Å². The lowest BCUT2D eigenvalue weighted by Crippen LogP contribution is -2.59. The van der Waals surface area contributed by atoms with Gasteiger partial charge in [0, 0.05) is 13.0 Å². The van der Waals surface area contributed by atoms with Gasteiger partial charge in [-0.2, -0.15) is 0 Å². The van der Waals surface area contributed by atoms with Crippen LogP contribution in [-0.4, -0.2) is 100.0 Å². The summed E-state index contributed by atoms with van der Waals surface area (Å²) < 4.78 is 0. The number of hydrogen-bond acceptors (Lipinski definition) is 9. The molecule has 15 heteroatoms. The molecule has 1 heterocycles. The molecule has 2 aromatic carbocycles. The summed E-state index contributed by atoms with van der Waals surface area (Å²) in [5.74, 6) is -4.03. The number of likely N-dealkylation sites (tertiary alicyclic amines) is 1. The number of rotatable bonds is 22. The Hall–Kier alpha value is -5.02. The molecule has 1 aliphatic rings. The number of amides is 5. The van der Waals surface area contributed by atoms with Gasteiger partial charge in [-0.05, 0) is 93.0 Å². The average Bonchev–Trinajstić information content (AvgIpc) is 3.64. The molecule has 1 fully saturated rings. The van der Waals surface area contributed by atoms with Crippen LogP contribution in [0.1, 0.15) is 83.8 Å². The standard InChI is InChI=1S/C41H61N7O8/c1-25(2)21-32(45-36(50)30(43)23-27-11-6-5-7-12-27)37(51)47-34(22-26(3)4)40(54)48-20-10-14-35(48)39(53)46-33(24-28-15-17-29(49)18-16-28)38(52)44-31(41(55)56)13-8-9-19-42/h5-7,11-12,15-18,25-26,30-35,49H,8-10,13-14,19-24,42-43H2,1-4H3,(H,44,52)(H,45,50)(H,46,53)(H,47,51)(H,55,56)/t30-,31-,32-,33-,34-,35-/m0/s1. The molecule has 10 N–H and O–H groups in total. The van der Waals surface area contributed by atoms with Gasteiger partial charge in [0.15, 0.2) is 0 Å². The Morgan fingerprint density at radius 2 is 1.30 bits per heavy atom. The van der Waals surface area contributed by atoms with E-state index in [0.717, 1.165) is 5.56 Å². The van der Waals surface area contributed by atoms with Crippen LogP contribution in [0.25, 0.3) is 0 Å². The van der Waals surface area contributed by atoms with Crippen LogP contribution in [0.4, 0.5) is 0 Å². The lowest BCUT2D eigenvalue weighted by molar-refractivity contribution is -0.144. The Balaban J connectivity index is 1.79. The summed E-state index contributed by atoms with van der Waals surface area (Å²) in [6, 6.07) is 9.11. The summed E-state index contributed by atoms with van der Waals surface area (Å²) >= 11 is 0. The van der Waals surface area contributed by atoms with Crippen molar-refractivity contribution in [3.63, 3.8) is 0 Å². The minimum Gasteiger partial charge on any atom is -0.508 e. The van der Waals surface area contributed by atoms with Crippen LogP contribution < -0.4 is 32.7 Å². The number of aromatic hydroxyl groups is 1. The maximum absolute atomic E-state index is 14.2. The third-order valence-corrected chi connectivity index (χ3v) is 9.71. The SMILES string of the molecule is CC(C)C[C@H](NC(=O)[C@@H](N)Cc1ccccc1)C(=O)N[C@@H](CC(C)C)C(=O)N1CCC[C@H]1C(=O)N[C@@H](Cc1ccc(O)cc1)C(=O)N[C@@H](CCCCN)C(=O)O. The van der Waals surface area contributed by atoms with Gasteiger partial charge in [-0.15, -0.1) is 0 Å². The number of nitrogens with two attached hydrogens (primary N) is 2. The highest BCUT2D eigenvalue weighted by molar-refractivity contribution is 5.96. The van der Waals surface area contributed by atoms with Gasteiger partial charge >= 0.3 is 5.97 Å². The van der Waals surface area contributed by atoms with Crippen molar-refractivity contribution < 1.29 is 39.0 Å². The highest BCUT2D eigenvalue weighted by Gasteiger charge is 2.40. The van der Waals surface area contributed by atoms with Crippen LogP contribution in [0, 0.1) is 11.8 Å². The highest BCUT2D eigenvalue weighted by Crippen LogP contribution is 2.22. The minimum absolute atomic E-state index is 0.0114. The van der Waals surface area contributed by atoms with Crippen LogP contribution in [-0.2, 0) is 41.6 Å². The zero-order valence-corrected chi connectivity index (χ0v) is 33.0. The van der Waals surface area contributed by atoms with Crippen molar-refractivity contribution in [1.29, 1.82) is 0 Å². The first-order valence-corrected chi connectivity index (χ1v) is 19.6. The summed E-state index contributed by atoms with van der Waals surface area (Å²) in [7, 11) is 0. The van der Waals surface area contributed by atoms with Crippen LogP contribution in [0.3, 0.4) is 0 Å². The number of nitrogens with zero attached hydrogens (tertiary/aromatic N) is 1. The van der Waals surface area contributed by atoms with E-state index in [0.29, 0.717) is 44.2 Å². The van der Waals surface area contributed by atoms with E-state index in [-0.39, 0.29) is 49.8 Å². The molecule has 0 radical (unpaired) electrons. The maximum Gasteiger partial charge on any atom is 0.326 e. The zero-order chi connectivity index (χ0) is 41.4. The van der Waals surface area contributed by atoms with Crippen molar-refractivity contribution in [2.75, 3.05) is 13.1 Å². The molecule has 0 spiro atoms. The summed E-state index contributed by atoms with van der Waals surface area (Å²) in [5.41, 5.74) is 13.3. The number of phenolic OH excluding ortho intramolecular Hbond substituents is 1. The predicted molar refractivity (Wildman–Crippen MR) is 212 cm³/mol. The smallest absolute Gasteiger partial charge is 0.326 e. The molecule has 0 saturated carbocycles. The number of aliphatic carboxylic acids is 1. The molecule has 3 rings (SSSR count). The summed E-state index contributed by atoms with van der Waals surface area (Å²) in [4.78, 5) is 82.2. The van der Waals surface area contributed by atoms with Gasteiger partial charge in [-0.1, -0.05) is 70.2 Å². The topological polar surface area (TPSA) is 246 Å². The third-order valence-electron chi connectivity index (χ3n) is 9.71. The molecule has 0 bridgehead atoms. The lowest BCUT2D eigenvalue weighted by atomic mass is 9.99. The van der Waals surface area contributed by atoms with Crippen molar-refractivity contribution in [1.82, 2.24) is 26.2 Å². The van der Waals surface area contributed by atoms with Crippen molar-refractivity contribution in [2.45, 2.75) is 122 Å². The molecule has 0 aliphatic carbocycles. The molecule has 5 amide bonds. The van der Waals surface area contributed by atoms with E-state index in [1.807, 2.05) is 58.0 Å². The highest BCUT2D eigenvalue weighted by atomic mass is 16.4. The molecule has 6 atom stereocenters. The second kappa shape index (κ2) is 22.5. The number of carboxylic acids is 1. The Labute approximate surface area is 329 Å². The van der Waals surface area contributed by atoms with E-state index in [2.05, 4.69) is 21.3 Å². The van der Waals surface area contributed by atoms with Gasteiger partial charge < -0.3 is 47.8 Å². The van der Waals surface area contributed by atoms with Gasteiger partial charge in [-0.25, -0.2) is 4.79 Å². The van der Waals surface area contributed by atoms with Crippen LogP contribution in [0.2, 0.25) is 0 Å². The van der Waals surface area contributed by atoms with Gasteiger partial charge in [0.05, 0.1) is 6.04 Å². The largest absolute Gasteiger partial charge is 0.508 e. The quantitative estimate of drug-likeness (QED) is 0.0805. The van der Waals surface area contributed by atoms with Crippen molar-refractivity contribution in [3.8, 4) is 5.75 Å². The second-order valence-electron chi connectivity index (χ2n) is 15.5. The first-order valence-electron chi connectivity index (χ1n) is 19.6. The van der Waals surface area contributed by atoms with E-state index in [1.165, 1.54) is 17.0 Å². The lowest BCUT2D eigenvalue weighted by Gasteiger charge is -2.31. The molecule has 1 aliphatic heterocycles. The second-order valence-corrected chi connectivity index (χ2v) is 15.5. The van der Waals surface area contributed by atoms with Gasteiger partial charge in [0.1, 0.15) is 36.0 Å². The van der Waals surface area contributed by atoms with Gasteiger partial charge in [-0.3, -0.25) is 24.0 Å². The number of phenols is 1. The number of unbranched alkanes of at least 4 members (excludes halogenated alkanes) is 1. The first kappa shape index (κ1) is 45.4. The summed E-state index contributed by atoms with van der Waals surface area (Å²) in [6.45, 7) is 8.25. The average molecular weight is 780 g/mol. The fourth-order valence-electron chi connectivity index (χ4n) is 6.78. The Morgan fingerprint density at radius 1 is 0.732 bits per heavy atom.